The molecular weight excluding hydrogens is 280 g/mol. The monoisotopic (exact) mass is 302 g/mol. The normalized spacial score (nSPS) is 13.5. The third kappa shape index (κ3) is 2.68. The molecule has 0 saturated carbocycles. The number of rotatable bonds is 3. The fraction of sp³-hybridized carbons (Fsp3) is 0.143. The molecule has 2 heteroatoms. The van der Waals surface area contributed by atoms with E-state index in [2.05, 4.69) is 62.4 Å². The van der Waals surface area contributed by atoms with Crippen LogP contribution in [-0.2, 0) is 5.41 Å². The summed E-state index contributed by atoms with van der Waals surface area (Å²) in [5.41, 5.74) is 18.0. The van der Waals surface area contributed by atoms with Crippen molar-refractivity contribution in [3.63, 3.8) is 0 Å². The molecule has 3 aromatic rings. The van der Waals surface area contributed by atoms with Crippen molar-refractivity contribution in [3.05, 3.63) is 95.1 Å². The third-order valence-electron chi connectivity index (χ3n) is 4.59. The smallest absolute Gasteiger partial charge is 0.0443 e. The van der Waals surface area contributed by atoms with E-state index in [4.69, 9.17) is 11.5 Å². The Balaban J connectivity index is 2.28. The van der Waals surface area contributed by atoms with Crippen LogP contribution in [0.1, 0.15) is 29.2 Å². The highest BCUT2D eigenvalue weighted by molar-refractivity contribution is 5.64. The van der Waals surface area contributed by atoms with E-state index in [0.29, 0.717) is 5.69 Å². The summed E-state index contributed by atoms with van der Waals surface area (Å²) in [5.74, 6) is 0. The van der Waals surface area contributed by atoms with Crippen molar-refractivity contribution in [2.24, 2.45) is 0 Å². The van der Waals surface area contributed by atoms with Gasteiger partial charge in [0.25, 0.3) is 0 Å². The Labute approximate surface area is 137 Å². The van der Waals surface area contributed by atoms with E-state index in [1.54, 1.807) is 0 Å². The number of hydrogen-bond donors (Lipinski definition) is 2. The summed E-state index contributed by atoms with van der Waals surface area (Å²) in [6.07, 6.45) is 0. The van der Waals surface area contributed by atoms with Gasteiger partial charge in [0.2, 0.25) is 0 Å². The molecule has 3 rings (SSSR count). The van der Waals surface area contributed by atoms with E-state index < -0.39 is 0 Å². The minimum atomic E-state index is -0.327. The lowest BCUT2D eigenvalue weighted by Gasteiger charge is -2.33. The van der Waals surface area contributed by atoms with Crippen molar-refractivity contribution >= 4 is 11.4 Å². The molecule has 0 aliphatic carbocycles. The first-order valence-electron chi connectivity index (χ1n) is 7.80. The molecule has 1 atom stereocenters. The number of nitrogen functional groups attached to an aromatic ring is 2. The zero-order valence-electron chi connectivity index (χ0n) is 13.6. The minimum absolute atomic E-state index is 0.327. The topological polar surface area (TPSA) is 52.0 Å². The lowest BCUT2D eigenvalue weighted by molar-refractivity contribution is 0.695. The molecular formula is C21H22N2. The molecule has 4 N–H and O–H groups in total. The van der Waals surface area contributed by atoms with Crippen molar-refractivity contribution in [1.29, 1.82) is 0 Å². The van der Waals surface area contributed by atoms with Crippen molar-refractivity contribution in [2.75, 3.05) is 11.5 Å². The van der Waals surface area contributed by atoms with Crippen LogP contribution in [0.25, 0.3) is 0 Å². The highest BCUT2D eigenvalue weighted by Gasteiger charge is 2.32. The second-order valence-corrected chi connectivity index (χ2v) is 6.20. The molecule has 116 valence electrons. The van der Waals surface area contributed by atoms with Gasteiger partial charge in [-0.25, -0.2) is 0 Å². The summed E-state index contributed by atoms with van der Waals surface area (Å²) in [7, 11) is 0. The van der Waals surface area contributed by atoms with Gasteiger partial charge in [0.1, 0.15) is 0 Å². The number of hydrogen-bond acceptors (Lipinski definition) is 2. The van der Waals surface area contributed by atoms with Crippen LogP contribution in [0.15, 0.2) is 72.8 Å². The van der Waals surface area contributed by atoms with E-state index in [1.165, 1.54) is 16.7 Å². The van der Waals surface area contributed by atoms with Gasteiger partial charge in [-0.15, -0.1) is 0 Å². The highest BCUT2D eigenvalue weighted by Crippen LogP contribution is 2.41. The van der Waals surface area contributed by atoms with Crippen molar-refractivity contribution in [3.8, 4) is 0 Å². The molecule has 0 aliphatic rings. The molecule has 0 heterocycles. The molecule has 0 spiro atoms. The maximum Gasteiger partial charge on any atom is 0.0443 e. The summed E-state index contributed by atoms with van der Waals surface area (Å²) in [5, 5.41) is 0. The van der Waals surface area contributed by atoms with Crippen LogP contribution in [0.4, 0.5) is 11.4 Å². The van der Waals surface area contributed by atoms with E-state index in [0.717, 1.165) is 11.3 Å². The fourth-order valence-electron chi connectivity index (χ4n) is 3.17. The van der Waals surface area contributed by atoms with Crippen LogP contribution in [-0.4, -0.2) is 0 Å². The van der Waals surface area contributed by atoms with Gasteiger partial charge in [-0.1, -0.05) is 66.2 Å². The van der Waals surface area contributed by atoms with E-state index in [9.17, 15) is 0 Å². The Morgan fingerprint density at radius 2 is 1.35 bits per heavy atom. The van der Waals surface area contributed by atoms with Gasteiger partial charge < -0.3 is 11.5 Å². The zero-order valence-corrected chi connectivity index (χ0v) is 13.6. The van der Waals surface area contributed by atoms with Crippen molar-refractivity contribution in [2.45, 2.75) is 19.3 Å². The number of benzene rings is 3. The quantitative estimate of drug-likeness (QED) is 0.552. The predicted molar refractivity (Wildman–Crippen MR) is 98.4 cm³/mol. The molecule has 0 bridgehead atoms. The molecule has 0 aliphatic heterocycles. The van der Waals surface area contributed by atoms with Gasteiger partial charge in [0.15, 0.2) is 0 Å². The summed E-state index contributed by atoms with van der Waals surface area (Å²) < 4.78 is 0. The summed E-state index contributed by atoms with van der Waals surface area (Å²) >= 11 is 0. The maximum absolute atomic E-state index is 6.33. The highest BCUT2D eigenvalue weighted by atomic mass is 14.6. The predicted octanol–water partition coefficient (Wildman–Crippen LogP) is 4.51. The molecule has 0 saturated heterocycles. The Morgan fingerprint density at radius 1 is 0.739 bits per heavy atom. The SMILES string of the molecule is Cc1ccc(C(C)(c2ccccc2)c2ccc(N)cc2N)cc1. The van der Waals surface area contributed by atoms with Gasteiger partial charge in [-0.05, 0) is 42.7 Å². The van der Waals surface area contributed by atoms with Crippen LogP contribution in [0, 0.1) is 6.92 Å². The van der Waals surface area contributed by atoms with Gasteiger partial charge >= 0.3 is 0 Å². The van der Waals surface area contributed by atoms with Gasteiger partial charge in [-0.3, -0.25) is 0 Å². The maximum atomic E-state index is 6.33. The largest absolute Gasteiger partial charge is 0.399 e. The lowest BCUT2D eigenvalue weighted by Crippen LogP contribution is -2.26. The van der Waals surface area contributed by atoms with Crippen LogP contribution >= 0.6 is 0 Å². The Kier molecular flexibility index (Phi) is 3.83. The number of aryl methyl sites for hydroxylation is 1. The molecule has 0 aromatic heterocycles. The Hall–Kier alpha value is -2.74. The molecule has 0 fully saturated rings. The summed E-state index contributed by atoms with van der Waals surface area (Å²) in [6, 6.07) is 24.9. The first-order chi connectivity index (χ1) is 11.0. The van der Waals surface area contributed by atoms with Crippen LogP contribution in [0.2, 0.25) is 0 Å². The van der Waals surface area contributed by atoms with E-state index in [-0.39, 0.29) is 5.41 Å². The fourth-order valence-corrected chi connectivity index (χ4v) is 3.17. The second kappa shape index (κ2) is 5.81. The van der Waals surface area contributed by atoms with Gasteiger partial charge in [-0.2, -0.15) is 0 Å². The Morgan fingerprint density at radius 3 is 1.96 bits per heavy atom. The molecule has 23 heavy (non-hydrogen) atoms. The molecule has 2 nitrogen and oxygen atoms in total. The molecule has 0 amide bonds. The molecule has 0 radical (unpaired) electrons. The van der Waals surface area contributed by atoms with Gasteiger partial charge in [0.05, 0.1) is 0 Å². The van der Waals surface area contributed by atoms with Gasteiger partial charge in [0, 0.05) is 16.8 Å². The van der Waals surface area contributed by atoms with E-state index in [1.807, 2.05) is 24.3 Å². The average molecular weight is 302 g/mol. The Bertz CT molecular complexity index is 807. The molecule has 1 unspecified atom stereocenters. The first kappa shape index (κ1) is 15.2. The van der Waals surface area contributed by atoms with Crippen LogP contribution in [0.3, 0.4) is 0 Å². The first-order valence-corrected chi connectivity index (χ1v) is 7.80. The number of anilines is 2. The van der Waals surface area contributed by atoms with E-state index >= 15 is 0 Å². The lowest BCUT2D eigenvalue weighted by atomic mass is 9.70. The average Bonchev–Trinajstić information content (AvgIpc) is 2.55. The van der Waals surface area contributed by atoms with Crippen molar-refractivity contribution < 1.29 is 0 Å². The minimum Gasteiger partial charge on any atom is -0.399 e. The number of nitrogens with two attached hydrogens (primary N) is 2. The van der Waals surface area contributed by atoms with Crippen LogP contribution < -0.4 is 11.5 Å². The second-order valence-electron chi connectivity index (χ2n) is 6.20. The summed E-state index contributed by atoms with van der Waals surface area (Å²) in [6.45, 7) is 4.32. The standard InChI is InChI=1S/C21H22N2/c1-15-8-10-17(11-9-15)21(2,16-6-4-3-5-7-16)19-13-12-18(22)14-20(19)23/h3-14H,22-23H2,1-2H3. The molecule has 3 aromatic carbocycles. The van der Waals surface area contributed by atoms with Crippen LogP contribution in [0.5, 0.6) is 0 Å². The van der Waals surface area contributed by atoms with Crippen molar-refractivity contribution in [1.82, 2.24) is 0 Å². The third-order valence-corrected chi connectivity index (χ3v) is 4.59. The zero-order chi connectivity index (χ0) is 16.4. The summed E-state index contributed by atoms with van der Waals surface area (Å²) in [4.78, 5) is 0.